The Kier molecular flexibility index (Phi) is 5.38. The number of carbonyl (C=O) groups is 1. The Morgan fingerprint density at radius 2 is 1.58 bits per heavy atom. The standard InChI is InChI=1S/C25H21BrN4O/c26-22-7-3-6-21(17-22)25(31)30-14-12-29(13-15-30)24-11-10-23(27-28-24)20-9-8-18-4-1-2-5-19(18)16-20/h1-11,16-17H,12-15H2. The molecule has 154 valence electrons. The van der Waals surface area contributed by atoms with Gasteiger partial charge < -0.3 is 9.80 Å². The molecule has 0 aliphatic carbocycles. The zero-order valence-electron chi connectivity index (χ0n) is 16.9. The van der Waals surface area contributed by atoms with Crippen LogP contribution in [0, 0.1) is 0 Å². The highest BCUT2D eigenvalue weighted by Gasteiger charge is 2.23. The minimum atomic E-state index is 0.0682. The number of anilines is 1. The molecule has 5 rings (SSSR count). The monoisotopic (exact) mass is 472 g/mol. The quantitative estimate of drug-likeness (QED) is 0.419. The number of hydrogen-bond acceptors (Lipinski definition) is 4. The van der Waals surface area contributed by atoms with Crippen LogP contribution >= 0.6 is 15.9 Å². The number of fused-ring (bicyclic) bond motifs is 1. The molecule has 5 nitrogen and oxygen atoms in total. The van der Waals surface area contributed by atoms with Gasteiger partial charge in [-0.2, -0.15) is 0 Å². The van der Waals surface area contributed by atoms with Crippen molar-refractivity contribution in [2.24, 2.45) is 0 Å². The molecule has 1 saturated heterocycles. The third-order valence-corrected chi connectivity index (χ3v) is 6.15. The lowest BCUT2D eigenvalue weighted by atomic mass is 10.1. The van der Waals surface area contributed by atoms with E-state index in [1.54, 1.807) is 0 Å². The minimum absolute atomic E-state index is 0.0682. The molecule has 2 heterocycles. The number of piperazine rings is 1. The topological polar surface area (TPSA) is 49.3 Å². The number of benzene rings is 3. The smallest absolute Gasteiger partial charge is 0.254 e. The molecular formula is C25H21BrN4O. The summed E-state index contributed by atoms with van der Waals surface area (Å²) in [6, 6.07) is 26.2. The van der Waals surface area contributed by atoms with E-state index in [2.05, 4.69) is 61.4 Å². The highest BCUT2D eigenvalue weighted by Crippen LogP contribution is 2.24. The second-order valence-electron chi connectivity index (χ2n) is 7.63. The molecule has 4 aromatic rings. The fourth-order valence-electron chi connectivity index (χ4n) is 3.94. The fraction of sp³-hybridized carbons (Fsp3) is 0.160. The van der Waals surface area contributed by atoms with Crippen molar-refractivity contribution in [1.29, 1.82) is 0 Å². The molecule has 6 heteroatoms. The molecule has 1 aromatic heterocycles. The fourth-order valence-corrected chi connectivity index (χ4v) is 4.34. The maximum atomic E-state index is 12.7. The summed E-state index contributed by atoms with van der Waals surface area (Å²) in [5.74, 6) is 0.915. The number of hydrogen-bond donors (Lipinski definition) is 0. The minimum Gasteiger partial charge on any atom is -0.352 e. The number of aromatic nitrogens is 2. The van der Waals surface area contributed by atoms with E-state index in [9.17, 15) is 4.79 Å². The predicted molar refractivity (Wildman–Crippen MR) is 127 cm³/mol. The Balaban J connectivity index is 1.26. The largest absolute Gasteiger partial charge is 0.352 e. The molecule has 0 saturated carbocycles. The zero-order chi connectivity index (χ0) is 21.2. The van der Waals surface area contributed by atoms with Crippen molar-refractivity contribution in [2.45, 2.75) is 0 Å². The molecule has 1 fully saturated rings. The first-order chi connectivity index (χ1) is 15.2. The highest BCUT2D eigenvalue weighted by atomic mass is 79.9. The summed E-state index contributed by atoms with van der Waals surface area (Å²) in [5.41, 5.74) is 2.63. The number of rotatable bonds is 3. The molecule has 0 unspecified atom stereocenters. The van der Waals surface area contributed by atoms with E-state index in [4.69, 9.17) is 0 Å². The van der Waals surface area contributed by atoms with Crippen LogP contribution in [0.15, 0.2) is 83.3 Å². The Labute approximate surface area is 189 Å². The molecule has 31 heavy (non-hydrogen) atoms. The van der Waals surface area contributed by atoms with Gasteiger partial charge in [0.1, 0.15) is 0 Å². The summed E-state index contributed by atoms with van der Waals surface area (Å²) < 4.78 is 0.916. The molecule has 3 aromatic carbocycles. The van der Waals surface area contributed by atoms with E-state index in [-0.39, 0.29) is 5.91 Å². The van der Waals surface area contributed by atoms with Crippen LogP contribution in [0.25, 0.3) is 22.0 Å². The SMILES string of the molecule is O=C(c1cccc(Br)c1)N1CCN(c2ccc(-c3ccc4ccccc4c3)nn2)CC1. The lowest BCUT2D eigenvalue weighted by Gasteiger charge is -2.35. The van der Waals surface area contributed by atoms with Gasteiger partial charge in [-0.05, 0) is 47.2 Å². The summed E-state index contributed by atoms with van der Waals surface area (Å²) in [7, 11) is 0. The molecule has 0 bridgehead atoms. The predicted octanol–water partition coefficient (Wildman–Crippen LogP) is 5.02. The molecule has 1 aliphatic heterocycles. The third kappa shape index (κ3) is 4.16. The van der Waals surface area contributed by atoms with Gasteiger partial charge in [0.2, 0.25) is 0 Å². The van der Waals surface area contributed by atoms with Gasteiger partial charge in [-0.15, -0.1) is 10.2 Å². The van der Waals surface area contributed by atoms with Gasteiger partial charge in [-0.25, -0.2) is 0 Å². The number of carbonyl (C=O) groups excluding carboxylic acids is 1. The number of amides is 1. The second kappa shape index (κ2) is 8.47. The van der Waals surface area contributed by atoms with Gasteiger partial charge >= 0.3 is 0 Å². The van der Waals surface area contributed by atoms with Gasteiger partial charge in [0.15, 0.2) is 5.82 Å². The summed E-state index contributed by atoms with van der Waals surface area (Å²) >= 11 is 3.43. The lowest BCUT2D eigenvalue weighted by Crippen LogP contribution is -2.49. The van der Waals surface area contributed by atoms with E-state index in [0.717, 1.165) is 34.6 Å². The molecule has 0 spiro atoms. The van der Waals surface area contributed by atoms with Gasteiger partial charge in [0.05, 0.1) is 5.69 Å². The summed E-state index contributed by atoms with van der Waals surface area (Å²) in [4.78, 5) is 16.8. The zero-order valence-corrected chi connectivity index (χ0v) is 18.5. The van der Waals surface area contributed by atoms with Crippen LogP contribution in [0.5, 0.6) is 0 Å². The average molecular weight is 473 g/mol. The Morgan fingerprint density at radius 3 is 2.32 bits per heavy atom. The van der Waals surface area contributed by atoms with Crippen LogP contribution in [0.2, 0.25) is 0 Å². The van der Waals surface area contributed by atoms with E-state index in [0.29, 0.717) is 18.7 Å². The van der Waals surface area contributed by atoms with Gasteiger partial charge in [0, 0.05) is 41.8 Å². The first-order valence-corrected chi connectivity index (χ1v) is 11.1. The van der Waals surface area contributed by atoms with Crippen molar-refractivity contribution in [2.75, 3.05) is 31.1 Å². The molecule has 0 atom stereocenters. The van der Waals surface area contributed by atoms with E-state index in [1.807, 2.05) is 53.4 Å². The van der Waals surface area contributed by atoms with Crippen LogP contribution in [0.3, 0.4) is 0 Å². The first-order valence-electron chi connectivity index (χ1n) is 10.3. The van der Waals surface area contributed by atoms with Crippen LogP contribution in [-0.4, -0.2) is 47.2 Å². The van der Waals surface area contributed by atoms with Crippen molar-refractivity contribution >= 4 is 38.4 Å². The van der Waals surface area contributed by atoms with E-state index >= 15 is 0 Å². The van der Waals surface area contributed by atoms with E-state index in [1.165, 1.54) is 10.8 Å². The van der Waals surface area contributed by atoms with Crippen LogP contribution in [0.4, 0.5) is 5.82 Å². The number of halogens is 1. The molecule has 0 N–H and O–H groups in total. The Hall–Kier alpha value is -3.25. The summed E-state index contributed by atoms with van der Waals surface area (Å²) in [5, 5.41) is 11.3. The van der Waals surface area contributed by atoms with Gasteiger partial charge in [-0.3, -0.25) is 4.79 Å². The normalized spacial score (nSPS) is 14.1. The average Bonchev–Trinajstić information content (AvgIpc) is 2.83. The summed E-state index contributed by atoms with van der Waals surface area (Å²) in [6.07, 6.45) is 0. The maximum absolute atomic E-state index is 12.7. The van der Waals surface area contributed by atoms with E-state index < -0.39 is 0 Å². The maximum Gasteiger partial charge on any atom is 0.254 e. The van der Waals surface area contributed by atoms with Crippen LogP contribution in [-0.2, 0) is 0 Å². The second-order valence-corrected chi connectivity index (χ2v) is 8.54. The summed E-state index contributed by atoms with van der Waals surface area (Å²) in [6.45, 7) is 2.81. The van der Waals surface area contributed by atoms with Crippen molar-refractivity contribution in [3.63, 3.8) is 0 Å². The van der Waals surface area contributed by atoms with Crippen molar-refractivity contribution in [3.8, 4) is 11.3 Å². The van der Waals surface area contributed by atoms with Gasteiger partial charge in [-0.1, -0.05) is 58.4 Å². The molecule has 0 radical (unpaired) electrons. The van der Waals surface area contributed by atoms with Gasteiger partial charge in [0.25, 0.3) is 5.91 Å². The third-order valence-electron chi connectivity index (χ3n) is 5.66. The lowest BCUT2D eigenvalue weighted by molar-refractivity contribution is 0.0746. The van der Waals surface area contributed by atoms with Crippen LogP contribution in [0.1, 0.15) is 10.4 Å². The number of nitrogens with zero attached hydrogens (tertiary/aromatic N) is 4. The molecule has 1 amide bonds. The Bertz CT molecular complexity index is 1230. The Morgan fingerprint density at radius 1 is 0.774 bits per heavy atom. The van der Waals surface area contributed by atoms with Crippen molar-refractivity contribution < 1.29 is 4.79 Å². The molecular weight excluding hydrogens is 452 g/mol. The van der Waals surface area contributed by atoms with Crippen molar-refractivity contribution in [1.82, 2.24) is 15.1 Å². The van der Waals surface area contributed by atoms with Crippen molar-refractivity contribution in [3.05, 3.63) is 88.9 Å². The molecule has 1 aliphatic rings. The highest BCUT2D eigenvalue weighted by molar-refractivity contribution is 9.10. The first kappa shape index (κ1) is 19.7. The van der Waals surface area contributed by atoms with Crippen LogP contribution < -0.4 is 4.90 Å².